The van der Waals surface area contributed by atoms with E-state index in [-0.39, 0.29) is 0 Å². The molecule has 190 valence electrons. The van der Waals surface area contributed by atoms with Crippen LogP contribution in [0, 0.1) is 0 Å². The number of benzene rings is 1. The summed E-state index contributed by atoms with van der Waals surface area (Å²) >= 11 is 1.88. The molecule has 2 nitrogen and oxygen atoms in total. The van der Waals surface area contributed by atoms with Gasteiger partial charge in [0.1, 0.15) is 7.05 Å². The molecule has 35 heavy (non-hydrogen) atoms. The number of nitrogens with zero attached hydrogens (tertiary/aromatic N) is 2. The molecule has 0 atom stereocenters. The number of pyridine rings is 1. The van der Waals surface area contributed by atoms with Crippen LogP contribution in [0.4, 0.5) is 5.69 Å². The van der Waals surface area contributed by atoms with Crippen LogP contribution in [-0.4, -0.2) is 13.1 Å². The Morgan fingerprint density at radius 3 is 1.54 bits per heavy atom. The summed E-state index contributed by atoms with van der Waals surface area (Å²) in [5, 5.41) is 0. The molecule has 0 N–H and O–H groups in total. The number of rotatable bonds is 17. The van der Waals surface area contributed by atoms with Crippen LogP contribution in [0.5, 0.6) is 0 Å². The maximum atomic E-state index is 2.65. The Hall–Kier alpha value is -2.13. The van der Waals surface area contributed by atoms with Gasteiger partial charge in [-0.3, -0.25) is 0 Å². The molecule has 2 aromatic heterocycles. The number of anilines is 1. The van der Waals surface area contributed by atoms with Gasteiger partial charge in [-0.2, -0.15) is 0 Å². The lowest BCUT2D eigenvalue weighted by atomic mass is 10.1. The van der Waals surface area contributed by atoms with Crippen LogP contribution in [0.1, 0.15) is 90.9 Å². The molecule has 3 heteroatoms. The van der Waals surface area contributed by atoms with Gasteiger partial charge >= 0.3 is 0 Å². The fraction of sp³-hybridized carbons (Fsp3) is 0.531. The van der Waals surface area contributed by atoms with Gasteiger partial charge in [-0.1, -0.05) is 90.2 Å². The Morgan fingerprint density at radius 1 is 0.571 bits per heavy atom. The Balaban J connectivity index is 1.59. The first-order valence-corrected chi connectivity index (χ1v) is 14.9. The van der Waals surface area contributed by atoms with Gasteiger partial charge in [-0.25, -0.2) is 4.57 Å². The summed E-state index contributed by atoms with van der Waals surface area (Å²) in [6, 6.07) is 18.3. The molecule has 0 unspecified atom stereocenters. The van der Waals surface area contributed by atoms with E-state index in [9.17, 15) is 0 Å². The number of thiophene rings is 1. The first-order chi connectivity index (χ1) is 17.2. The smallest absolute Gasteiger partial charge is 0.169 e. The van der Waals surface area contributed by atoms with E-state index in [1.54, 1.807) is 0 Å². The highest BCUT2D eigenvalue weighted by Crippen LogP contribution is 2.35. The Kier molecular flexibility index (Phi) is 12.4. The third-order valence-electron chi connectivity index (χ3n) is 6.95. The number of unbranched alkanes of at least 4 members (excludes halogenated alkanes) is 10. The minimum atomic E-state index is 1.19. The van der Waals surface area contributed by atoms with Gasteiger partial charge in [0.25, 0.3) is 0 Å². The van der Waals surface area contributed by atoms with E-state index in [1.807, 2.05) is 11.3 Å². The zero-order valence-corrected chi connectivity index (χ0v) is 23.3. The van der Waals surface area contributed by atoms with Crippen molar-refractivity contribution in [3.63, 3.8) is 0 Å². The number of hydrogen-bond acceptors (Lipinski definition) is 2. The topological polar surface area (TPSA) is 7.12 Å². The lowest BCUT2D eigenvalue weighted by Gasteiger charge is -2.25. The van der Waals surface area contributed by atoms with E-state index >= 15 is 0 Å². The molecule has 0 fully saturated rings. The average molecular weight is 492 g/mol. The quantitative estimate of drug-likeness (QED) is 0.135. The summed E-state index contributed by atoms with van der Waals surface area (Å²) in [5.74, 6) is 0. The molecule has 0 saturated heterocycles. The highest BCUT2D eigenvalue weighted by atomic mass is 32.1. The average Bonchev–Trinajstić information content (AvgIpc) is 3.38. The largest absolute Gasteiger partial charge is 0.372 e. The van der Waals surface area contributed by atoms with Gasteiger partial charge in [0.05, 0.1) is 0 Å². The van der Waals surface area contributed by atoms with Crippen LogP contribution < -0.4 is 9.47 Å². The lowest BCUT2D eigenvalue weighted by Crippen LogP contribution is -2.25. The summed E-state index contributed by atoms with van der Waals surface area (Å²) < 4.78 is 2.08. The molecule has 1 aromatic carbocycles. The molecule has 3 aromatic rings. The first kappa shape index (κ1) is 27.5. The third-order valence-corrected chi connectivity index (χ3v) is 8.13. The van der Waals surface area contributed by atoms with Crippen molar-refractivity contribution < 1.29 is 4.57 Å². The van der Waals surface area contributed by atoms with Crippen molar-refractivity contribution in [1.82, 2.24) is 0 Å². The molecule has 2 heterocycles. The van der Waals surface area contributed by atoms with E-state index < -0.39 is 0 Å². The fourth-order valence-electron chi connectivity index (χ4n) is 4.69. The summed E-state index contributed by atoms with van der Waals surface area (Å²) in [7, 11) is 2.06. The third kappa shape index (κ3) is 9.44. The van der Waals surface area contributed by atoms with Crippen molar-refractivity contribution in [3.05, 3.63) is 60.9 Å². The van der Waals surface area contributed by atoms with Gasteiger partial charge in [-0.15, -0.1) is 11.3 Å². The van der Waals surface area contributed by atoms with E-state index in [0.717, 1.165) is 0 Å². The van der Waals surface area contributed by atoms with Gasteiger partial charge in [0, 0.05) is 46.2 Å². The minimum Gasteiger partial charge on any atom is -0.372 e. The molecule has 0 amide bonds. The van der Waals surface area contributed by atoms with E-state index in [4.69, 9.17) is 0 Å². The Morgan fingerprint density at radius 2 is 1.03 bits per heavy atom. The highest BCUT2D eigenvalue weighted by Gasteiger charge is 2.10. The molecule has 0 radical (unpaired) electrons. The highest BCUT2D eigenvalue weighted by molar-refractivity contribution is 7.18. The van der Waals surface area contributed by atoms with Crippen molar-refractivity contribution >= 4 is 17.0 Å². The molecular formula is C32H47N2S+. The molecule has 3 rings (SSSR count). The van der Waals surface area contributed by atoms with Crippen molar-refractivity contribution in [2.75, 3.05) is 18.0 Å². The van der Waals surface area contributed by atoms with Gasteiger partial charge in [0.2, 0.25) is 0 Å². The maximum Gasteiger partial charge on any atom is 0.169 e. The molecular weight excluding hydrogens is 444 g/mol. The van der Waals surface area contributed by atoms with E-state index in [1.165, 1.54) is 117 Å². The van der Waals surface area contributed by atoms with Crippen molar-refractivity contribution in [3.8, 4) is 20.9 Å². The predicted octanol–water partition coefficient (Wildman–Crippen LogP) is 9.43. The van der Waals surface area contributed by atoms with Crippen LogP contribution in [0.25, 0.3) is 20.9 Å². The fourth-order valence-corrected chi connectivity index (χ4v) is 5.70. The Labute approximate surface area is 219 Å². The van der Waals surface area contributed by atoms with Crippen LogP contribution in [0.3, 0.4) is 0 Å². The normalized spacial score (nSPS) is 11.2. The zero-order chi connectivity index (χ0) is 24.7. The number of hydrogen-bond donors (Lipinski definition) is 0. The summed E-state index contributed by atoms with van der Waals surface area (Å²) in [4.78, 5) is 5.32. The van der Waals surface area contributed by atoms with Gasteiger partial charge in [0.15, 0.2) is 12.4 Å². The lowest BCUT2D eigenvalue weighted by molar-refractivity contribution is -0.671. The molecule has 0 aliphatic carbocycles. The Bertz CT molecular complexity index is 926. The summed E-state index contributed by atoms with van der Waals surface area (Å²) in [6.07, 6.45) is 20.6. The molecule has 0 bridgehead atoms. The van der Waals surface area contributed by atoms with Crippen LogP contribution in [0.15, 0.2) is 60.9 Å². The van der Waals surface area contributed by atoms with Gasteiger partial charge in [-0.05, 0) is 42.7 Å². The second-order valence-corrected chi connectivity index (χ2v) is 11.1. The second-order valence-electron chi connectivity index (χ2n) is 9.99. The van der Waals surface area contributed by atoms with E-state index in [2.05, 4.69) is 91.3 Å². The number of aryl methyl sites for hydroxylation is 1. The monoisotopic (exact) mass is 491 g/mol. The molecule has 0 saturated carbocycles. The standard InChI is InChI=1S/C32H47N2S/c1-4-6-8-10-12-14-24-34(25-15-13-11-9-7-5-2)30-18-16-28(17-19-30)31-20-21-32(35-31)29-22-26-33(3)27-23-29/h16-23,26-27H,4-15,24-25H2,1-3H3/q+1. The molecule has 0 spiro atoms. The van der Waals surface area contributed by atoms with Crippen molar-refractivity contribution in [2.45, 2.75) is 90.9 Å². The van der Waals surface area contributed by atoms with Crippen LogP contribution >= 0.6 is 11.3 Å². The first-order valence-electron chi connectivity index (χ1n) is 14.1. The van der Waals surface area contributed by atoms with Crippen molar-refractivity contribution in [2.24, 2.45) is 7.05 Å². The predicted molar refractivity (Wildman–Crippen MR) is 155 cm³/mol. The maximum absolute atomic E-state index is 2.65. The summed E-state index contributed by atoms with van der Waals surface area (Å²) in [5.41, 5.74) is 4.01. The molecule has 0 aliphatic heterocycles. The van der Waals surface area contributed by atoms with E-state index in [0.29, 0.717) is 0 Å². The minimum absolute atomic E-state index is 1.19. The van der Waals surface area contributed by atoms with Crippen molar-refractivity contribution in [1.29, 1.82) is 0 Å². The second kappa shape index (κ2) is 15.8. The summed E-state index contributed by atoms with van der Waals surface area (Å²) in [6.45, 7) is 6.97. The SMILES string of the molecule is CCCCCCCCN(CCCCCCCC)c1ccc(-c2ccc(-c3cc[n+](C)cc3)s2)cc1. The number of aromatic nitrogens is 1. The molecule has 0 aliphatic rings. The van der Waals surface area contributed by atoms with Gasteiger partial charge < -0.3 is 4.90 Å². The zero-order valence-electron chi connectivity index (χ0n) is 22.5. The van der Waals surface area contributed by atoms with Crippen LogP contribution in [-0.2, 0) is 7.05 Å². The van der Waals surface area contributed by atoms with Crippen LogP contribution in [0.2, 0.25) is 0 Å².